The first-order chi connectivity index (χ1) is 10.7. The average molecular weight is 411 g/mol. The zero-order chi connectivity index (χ0) is 15.1. The molecule has 0 radical (unpaired) electrons. The van der Waals surface area contributed by atoms with Gasteiger partial charge in [-0.25, -0.2) is 4.98 Å². The Morgan fingerprint density at radius 1 is 1.21 bits per heavy atom. The van der Waals surface area contributed by atoms with E-state index in [1.54, 1.807) is 11.3 Å². The van der Waals surface area contributed by atoms with Crippen LogP contribution >= 0.6 is 28.3 Å². The number of halogens is 1. The van der Waals surface area contributed by atoms with Crippen LogP contribution in [0.2, 0.25) is 0 Å². The summed E-state index contributed by atoms with van der Waals surface area (Å²) in [6, 6.07) is 2.13. The number of aromatic hydroxyl groups is 1. The van der Waals surface area contributed by atoms with Gasteiger partial charge in [0.1, 0.15) is 5.75 Å². The quantitative estimate of drug-likeness (QED) is 0.732. The molecule has 1 aromatic heterocycles. The number of hydrogen-bond donors (Lipinski definition) is 2. The first-order valence-corrected chi connectivity index (χ1v) is 9.13. The van der Waals surface area contributed by atoms with Crippen LogP contribution in [-0.4, -0.2) is 23.2 Å². The molecule has 4 rings (SSSR count). The molecule has 2 heterocycles. The second-order valence-electron chi connectivity index (χ2n) is 6.50. The number of aromatic nitrogens is 1. The summed E-state index contributed by atoms with van der Waals surface area (Å²) < 4.78 is 0. The van der Waals surface area contributed by atoms with Crippen LogP contribution in [0.3, 0.4) is 0 Å². The molecule has 0 amide bonds. The van der Waals surface area contributed by atoms with E-state index in [0.29, 0.717) is 11.7 Å². The lowest BCUT2D eigenvalue weighted by Gasteiger charge is -2.20. The highest BCUT2D eigenvalue weighted by Gasteiger charge is 2.23. The number of phenolic OH excluding ortho intramolecular Hbond substituents is 1. The molecule has 0 spiro atoms. The predicted molar refractivity (Wildman–Crippen MR) is 108 cm³/mol. The van der Waals surface area contributed by atoms with Gasteiger partial charge in [0.25, 0.3) is 0 Å². The summed E-state index contributed by atoms with van der Waals surface area (Å²) in [5.41, 5.74) is 5.70. The predicted octanol–water partition coefficient (Wildman–Crippen LogP) is 4.99. The minimum absolute atomic E-state index is 0. The molecule has 3 nitrogen and oxygen atoms in total. The molecule has 1 aromatic carbocycles. The van der Waals surface area contributed by atoms with Crippen molar-refractivity contribution in [3.63, 3.8) is 0 Å². The van der Waals surface area contributed by atoms with Gasteiger partial charge in [0, 0.05) is 16.9 Å². The number of fused-ring (bicyclic) bond motifs is 1. The van der Waals surface area contributed by atoms with Crippen LogP contribution in [0.15, 0.2) is 11.4 Å². The molecule has 0 bridgehead atoms. The molecule has 2 N–H and O–H groups in total. The summed E-state index contributed by atoms with van der Waals surface area (Å²) in [7, 11) is 0. The molecule has 0 unspecified atom stereocenters. The number of benzene rings is 1. The van der Waals surface area contributed by atoms with Crippen molar-refractivity contribution in [2.75, 3.05) is 13.1 Å². The molecule has 132 valence electrons. The topological polar surface area (TPSA) is 45.2 Å². The largest absolute Gasteiger partial charge is 0.507 e. The van der Waals surface area contributed by atoms with E-state index in [2.05, 4.69) is 23.7 Å². The zero-order valence-corrected chi connectivity index (χ0v) is 15.9. The van der Waals surface area contributed by atoms with Crippen LogP contribution < -0.4 is 5.32 Å². The van der Waals surface area contributed by atoms with E-state index < -0.39 is 0 Å². The summed E-state index contributed by atoms with van der Waals surface area (Å²) in [6.07, 6.45) is 5.60. The highest BCUT2D eigenvalue weighted by molar-refractivity contribution is 8.93. The summed E-state index contributed by atoms with van der Waals surface area (Å²) in [5, 5.41) is 17.4. The SMILES string of the molecule is Br.C.Cc1cc(-c2csc(C3CCNCC3)n2)c(O)c2c1CCC2. The van der Waals surface area contributed by atoms with Crippen molar-refractivity contribution in [1.29, 1.82) is 0 Å². The number of piperidine rings is 1. The molecule has 1 fully saturated rings. The van der Waals surface area contributed by atoms with Crippen molar-refractivity contribution < 1.29 is 5.11 Å². The molecular formula is C19H27BrN2OS. The Kier molecular flexibility index (Phi) is 6.46. The van der Waals surface area contributed by atoms with Crippen LogP contribution in [0.5, 0.6) is 5.75 Å². The highest BCUT2D eigenvalue weighted by atomic mass is 79.9. The van der Waals surface area contributed by atoms with E-state index in [9.17, 15) is 5.11 Å². The standard InChI is InChI=1S/C18H22N2OS.CH4.BrH/c1-11-9-15(17(21)14-4-2-3-13(11)14)16-10-22-18(20-16)12-5-7-19-8-6-12;;/h9-10,12,19,21H,2-8H2,1H3;1H4;1H. The molecule has 1 aliphatic heterocycles. The number of hydrogen-bond acceptors (Lipinski definition) is 4. The van der Waals surface area contributed by atoms with E-state index in [1.165, 1.54) is 29.0 Å². The van der Waals surface area contributed by atoms with E-state index in [-0.39, 0.29) is 24.4 Å². The fourth-order valence-corrected chi connectivity index (χ4v) is 4.83. The molecule has 2 aliphatic rings. The van der Waals surface area contributed by atoms with E-state index in [0.717, 1.165) is 49.2 Å². The van der Waals surface area contributed by atoms with Crippen LogP contribution in [0.25, 0.3) is 11.3 Å². The molecular weight excluding hydrogens is 384 g/mol. The summed E-state index contributed by atoms with van der Waals surface area (Å²) in [5.74, 6) is 1.05. The summed E-state index contributed by atoms with van der Waals surface area (Å²) in [4.78, 5) is 4.86. The Labute approximate surface area is 159 Å². The van der Waals surface area contributed by atoms with Gasteiger partial charge in [-0.3, -0.25) is 0 Å². The summed E-state index contributed by atoms with van der Waals surface area (Å²) >= 11 is 1.75. The fraction of sp³-hybridized carbons (Fsp3) is 0.526. The maximum atomic E-state index is 10.7. The third kappa shape index (κ3) is 3.39. The molecule has 1 aliphatic carbocycles. The lowest BCUT2D eigenvalue weighted by atomic mass is 9.97. The van der Waals surface area contributed by atoms with Crippen molar-refractivity contribution in [3.8, 4) is 17.0 Å². The Morgan fingerprint density at radius 3 is 2.67 bits per heavy atom. The third-order valence-corrected chi connectivity index (χ3v) is 6.09. The average Bonchev–Trinajstić information content (AvgIpc) is 3.21. The van der Waals surface area contributed by atoms with Gasteiger partial charge >= 0.3 is 0 Å². The van der Waals surface area contributed by atoms with Crippen molar-refractivity contribution in [2.45, 2.75) is 52.4 Å². The van der Waals surface area contributed by atoms with Gasteiger partial charge in [0.05, 0.1) is 10.7 Å². The maximum absolute atomic E-state index is 10.7. The highest BCUT2D eigenvalue weighted by Crippen LogP contribution is 2.41. The molecule has 5 heteroatoms. The van der Waals surface area contributed by atoms with E-state index >= 15 is 0 Å². The second kappa shape index (κ2) is 7.98. The van der Waals surface area contributed by atoms with Crippen molar-refractivity contribution in [3.05, 3.63) is 33.1 Å². The third-order valence-electron chi connectivity index (χ3n) is 5.08. The number of thiazole rings is 1. The Morgan fingerprint density at radius 2 is 1.92 bits per heavy atom. The van der Waals surface area contributed by atoms with Crippen molar-refractivity contribution in [1.82, 2.24) is 10.3 Å². The molecule has 24 heavy (non-hydrogen) atoms. The number of nitrogens with zero attached hydrogens (tertiary/aromatic N) is 1. The molecule has 2 aromatic rings. The Balaban J connectivity index is 0.00000104. The number of nitrogens with one attached hydrogen (secondary N) is 1. The first kappa shape index (κ1) is 19.4. The van der Waals surface area contributed by atoms with Crippen LogP contribution in [0.4, 0.5) is 0 Å². The summed E-state index contributed by atoms with van der Waals surface area (Å²) in [6.45, 7) is 4.33. The van der Waals surface area contributed by atoms with Crippen LogP contribution in [0.1, 0.15) is 54.3 Å². The van der Waals surface area contributed by atoms with Gasteiger partial charge in [0.15, 0.2) is 0 Å². The monoisotopic (exact) mass is 410 g/mol. The van der Waals surface area contributed by atoms with E-state index in [4.69, 9.17) is 4.98 Å². The molecule has 0 saturated carbocycles. The van der Waals surface area contributed by atoms with Gasteiger partial charge in [-0.05, 0) is 74.9 Å². The maximum Gasteiger partial charge on any atom is 0.128 e. The normalized spacial score (nSPS) is 17.0. The van der Waals surface area contributed by atoms with Crippen molar-refractivity contribution in [2.24, 2.45) is 0 Å². The lowest BCUT2D eigenvalue weighted by molar-refractivity contribution is 0.459. The molecule has 1 saturated heterocycles. The van der Waals surface area contributed by atoms with Crippen LogP contribution in [-0.2, 0) is 12.8 Å². The Bertz CT molecular complexity index is 708. The van der Waals surface area contributed by atoms with Gasteiger partial charge in [-0.1, -0.05) is 7.43 Å². The zero-order valence-electron chi connectivity index (χ0n) is 13.4. The minimum atomic E-state index is 0. The first-order valence-electron chi connectivity index (χ1n) is 8.25. The number of aryl methyl sites for hydroxylation is 1. The smallest absolute Gasteiger partial charge is 0.128 e. The van der Waals surface area contributed by atoms with Gasteiger partial charge < -0.3 is 10.4 Å². The fourth-order valence-electron chi connectivity index (χ4n) is 3.84. The second-order valence-corrected chi connectivity index (χ2v) is 7.39. The number of rotatable bonds is 2. The van der Waals surface area contributed by atoms with Gasteiger partial charge in [0.2, 0.25) is 0 Å². The minimum Gasteiger partial charge on any atom is -0.507 e. The Hall–Kier alpha value is -0.910. The van der Waals surface area contributed by atoms with E-state index in [1.807, 2.05) is 0 Å². The molecule has 0 atom stereocenters. The van der Waals surface area contributed by atoms with Crippen LogP contribution in [0, 0.1) is 6.92 Å². The lowest BCUT2D eigenvalue weighted by Crippen LogP contribution is -2.26. The van der Waals surface area contributed by atoms with Gasteiger partial charge in [-0.15, -0.1) is 28.3 Å². The van der Waals surface area contributed by atoms with Crippen molar-refractivity contribution >= 4 is 28.3 Å². The van der Waals surface area contributed by atoms with Gasteiger partial charge in [-0.2, -0.15) is 0 Å². The number of phenols is 1.